The van der Waals surface area contributed by atoms with E-state index in [-0.39, 0.29) is 12.5 Å². The van der Waals surface area contributed by atoms with Crippen LogP contribution < -0.4 is 0 Å². The zero-order chi connectivity index (χ0) is 10.3. The molecule has 0 spiro atoms. The van der Waals surface area contributed by atoms with Crippen molar-refractivity contribution in [2.75, 3.05) is 13.7 Å². The molecule has 0 bridgehead atoms. The molecule has 0 aliphatic carbocycles. The lowest BCUT2D eigenvalue weighted by Crippen LogP contribution is -2.34. The van der Waals surface area contributed by atoms with Crippen molar-refractivity contribution in [3.8, 4) is 0 Å². The van der Waals surface area contributed by atoms with Crippen LogP contribution in [0.3, 0.4) is 0 Å². The Hall–Kier alpha value is -0.570. The van der Waals surface area contributed by atoms with E-state index >= 15 is 0 Å². The van der Waals surface area contributed by atoms with Gasteiger partial charge in [-0.1, -0.05) is 13.3 Å². The zero-order valence-corrected chi connectivity index (χ0v) is 8.92. The Morgan fingerprint density at radius 3 is 2.62 bits per heavy atom. The number of rotatable bonds is 6. The van der Waals surface area contributed by atoms with Gasteiger partial charge in [-0.15, -0.1) is 0 Å². The molecule has 1 unspecified atom stereocenters. The molecule has 3 heteroatoms. The molecule has 0 heterocycles. The first-order valence-electron chi connectivity index (χ1n) is 5.00. The van der Waals surface area contributed by atoms with Crippen LogP contribution >= 0.6 is 0 Å². The fourth-order valence-electron chi connectivity index (χ4n) is 1.26. The van der Waals surface area contributed by atoms with Crippen LogP contribution in [0.1, 0.15) is 39.5 Å². The van der Waals surface area contributed by atoms with E-state index in [1.165, 1.54) is 0 Å². The molecule has 1 atom stereocenters. The highest BCUT2D eigenvalue weighted by Gasteiger charge is 2.13. The monoisotopic (exact) mass is 187 g/mol. The van der Waals surface area contributed by atoms with Gasteiger partial charge in [0.2, 0.25) is 5.91 Å². The van der Waals surface area contributed by atoms with Crippen molar-refractivity contribution < 1.29 is 9.90 Å². The molecule has 3 nitrogen and oxygen atoms in total. The Bertz CT molecular complexity index is 148. The van der Waals surface area contributed by atoms with Gasteiger partial charge in [-0.3, -0.25) is 4.79 Å². The highest BCUT2D eigenvalue weighted by atomic mass is 16.3. The van der Waals surface area contributed by atoms with Gasteiger partial charge in [0.25, 0.3) is 0 Å². The molecule has 0 aromatic heterocycles. The van der Waals surface area contributed by atoms with Crippen LogP contribution in [0.4, 0.5) is 0 Å². The quantitative estimate of drug-likeness (QED) is 0.683. The molecule has 0 saturated heterocycles. The molecule has 1 amide bonds. The fraction of sp³-hybridized carbons (Fsp3) is 0.900. The summed E-state index contributed by atoms with van der Waals surface area (Å²) >= 11 is 0. The summed E-state index contributed by atoms with van der Waals surface area (Å²) < 4.78 is 0. The van der Waals surface area contributed by atoms with E-state index in [4.69, 9.17) is 5.11 Å². The fourth-order valence-corrected chi connectivity index (χ4v) is 1.26. The van der Waals surface area contributed by atoms with Crippen molar-refractivity contribution >= 4 is 5.91 Å². The lowest BCUT2D eigenvalue weighted by Gasteiger charge is -2.24. The molecule has 0 aromatic rings. The summed E-state index contributed by atoms with van der Waals surface area (Å²) in [4.78, 5) is 13.2. The molecule has 78 valence electrons. The standard InChI is InChI=1S/C10H21NO2/c1-4-6-9(2)11(3)10(13)7-5-8-12/h9,12H,4-8H2,1-3H3. The van der Waals surface area contributed by atoms with Gasteiger partial charge >= 0.3 is 0 Å². The molecule has 1 N–H and O–H groups in total. The molecule has 0 aromatic carbocycles. The molecular weight excluding hydrogens is 166 g/mol. The predicted octanol–water partition coefficient (Wildman–Crippen LogP) is 1.41. The van der Waals surface area contributed by atoms with Crippen molar-refractivity contribution in [2.24, 2.45) is 0 Å². The number of carbonyl (C=O) groups excluding carboxylic acids is 1. The van der Waals surface area contributed by atoms with Crippen molar-refractivity contribution in [3.05, 3.63) is 0 Å². The number of nitrogens with zero attached hydrogens (tertiary/aromatic N) is 1. The summed E-state index contributed by atoms with van der Waals surface area (Å²) in [5.41, 5.74) is 0. The first-order valence-corrected chi connectivity index (χ1v) is 5.00. The van der Waals surface area contributed by atoms with E-state index in [0.29, 0.717) is 18.9 Å². The molecule has 0 radical (unpaired) electrons. The van der Waals surface area contributed by atoms with Gasteiger partial charge in [0.15, 0.2) is 0 Å². The van der Waals surface area contributed by atoms with Gasteiger partial charge in [-0.2, -0.15) is 0 Å². The van der Waals surface area contributed by atoms with Gasteiger partial charge in [0, 0.05) is 26.1 Å². The maximum atomic E-state index is 11.4. The number of amides is 1. The van der Waals surface area contributed by atoms with E-state index in [1.54, 1.807) is 4.90 Å². The molecule has 0 saturated carbocycles. The second kappa shape index (κ2) is 6.89. The summed E-state index contributed by atoms with van der Waals surface area (Å²) in [7, 11) is 1.83. The van der Waals surface area contributed by atoms with Crippen molar-refractivity contribution in [2.45, 2.75) is 45.6 Å². The largest absolute Gasteiger partial charge is 0.396 e. The molecular formula is C10H21NO2. The van der Waals surface area contributed by atoms with E-state index in [2.05, 4.69) is 13.8 Å². The van der Waals surface area contributed by atoms with E-state index in [1.807, 2.05) is 7.05 Å². The minimum Gasteiger partial charge on any atom is -0.396 e. The lowest BCUT2D eigenvalue weighted by molar-refractivity contribution is -0.132. The van der Waals surface area contributed by atoms with Crippen LogP contribution in [0.15, 0.2) is 0 Å². The normalized spacial score (nSPS) is 12.6. The van der Waals surface area contributed by atoms with Crippen LogP contribution in [0.5, 0.6) is 0 Å². The van der Waals surface area contributed by atoms with Gasteiger partial charge in [0.05, 0.1) is 0 Å². The van der Waals surface area contributed by atoms with Crippen LogP contribution in [-0.2, 0) is 4.79 Å². The number of aliphatic hydroxyl groups is 1. The Labute approximate surface area is 80.7 Å². The van der Waals surface area contributed by atoms with Gasteiger partial charge in [0.1, 0.15) is 0 Å². The molecule has 13 heavy (non-hydrogen) atoms. The topological polar surface area (TPSA) is 40.5 Å². The maximum absolute atomic E-state index is 11.4. The molecule has 0 aliphatic heterocycles. The molecule has 0 aliphatic rings. The van der Waals surface area contributed by atoms with Crippen LogP contribution in [0.25, 0.3) is 0 Å². The lowest BCUT2D eigenvalue weighted by atomic mass is 10.1. The van der Waals surface area contributed by atoms with Gasteiger partial charge in [-0.05, 0) is 19.8 Å². The summed E-state index contributed by atoms with van der Waals surface area (Å²) in [6.07, 6.45) is 3.17. The first kappa shape index (κ1) is 12.4. The summed E-state index contributed by atoms with van der Waals surface area (Å²) in [5, 5.41) is 8.57. The summed E-state index contributed by atoms with van der Waals surface area (Å²) in [5.74, 6) is 0.134. The van der Waals surface area contributed by atoms with Crippen LogP contribution in [0.2, 0.25) is 0 Å². The zero-order valence-electron chi connectivity index (χ0n) is 8.92. The number of hydrogen-bond donors (Lipinski definition) is 1. The predicted molar refractivity (Wildman–Crippen MR) is 53.5 cm³/mol. The Kier molecular flexibility index (Phi) is 6.59. The highest BCUT2D eigenvalue weighted by Crippen LogP contribution is 2.06. The Morgan fingerprint density at radius 1 is 1.54 bits per heavy atom. The second-order valence-corrected chi connectivity index (χ2v) is 3.47. The molecule has 0 rings (SSSR count). The maximum Gasteiger partial charge on any atom is 0.222 e. The number of aliphatic hydroxyl groups excluding tert-OH is 1. The van der Waals surface area contributed by atoms with Gasteiger partial charge < -0.3 is 10.0 Å². The third kappa shape index (κ3) is 4.88. The number of hydrogen-bond acceptors (Lipinski definition) is 2. The van der Waals surface area contributed by atoms with Crippen molar-refractivity contribution in [3.63, 3.8) is 0 Å². The third-order valence-corrected chi connectivity index (χ3v) is 2.31. The average molecular weight is 187 g/mol. The first-order chi connectivity index (χ1) is 6.13. The smallest absolute Gasteiger partial charge is 0.222 e. The average Bonchev–Trinajstić information content (AvgIpc) is 2.13. The second-order valence-electron chi connectivity index (χ2n) is 3.47. The summed E-state index contributed by atoms with van der Waals surface area (Å²) in [6.45, 7) is 4.27. The van der Waals surface area contributed by atoms with E-state index in [9.17, 15) is 4.79 Å². The van der Waals surface area contributed by atoms with Crippen LogP contribution in [-0.4, -0.2) is 35.6 Å². The minimum absolute atomic E-state index is 0.0989. The number of carbonyl (C=O) groups is 1. The third-order valence-electron chi connectivity index (χ3n) is 2.31. The van der Waals surface area contributed by atoms with E-state index < -0.39 is 0 Å². The highest BCUT2D eigenvalue weighted by molar-refractivity contribution is 5.76. The van der Waals surface area contributed by atoms with Crippen LogP contribution in [0, 0.1) is 0 Å². The minimum atomic E-state index is 0.0989. The SMILES string of the molecule is CCCC(C)N(C)C(=O)CCCO. The Balaban J connectivity index is 3.79. The van der Waals surface area contributed by atoms with Crippen molar-refractivity contribution in [1.82, 2.24) is 4.90 Å². The van der Waals surface area contributed by atoms with Crippen molar-refractivity contribution in [1.29, 1.82) is 0 Å². The summed E-state index contributed by atoms with van der Waals surface area (Å²) in [6, 6.07) is 0.316. The van der Waals surface area contributed by atoms with E-state index in [0.717, 1.165) is 12.8 Å². The Morgan fingerprint density at radius 2 is 2.15 bits per heavy atom. The van der Waals surface area contributed by atoms with Gasteiger partial charge in [-0.25, -0.2) is 0 Å². The molecule has 0 fully saturated rings.